The molecule has 2 unspecified atom stereocenters. The van der Waals surface area contributed by atoms with Gasteiger partial charge < -0.3 is 9.47 Å². The first-order valence-corrected chi connectivity index (χ1v) is 17.3. The first kappa shape index (κ1) is 30.6. The predicted octanol–water partition coefficient (Wildman–Crippen LogP) is 5.38. The third-order valence-corrected chi connectivity index (χ3v) is 12.2. The zero-order chi connectivity index (χ0) is 23.6. The maximum absolute atomic E-state index is 11.3. The maximum atomic E-state index is 11.3. The molecule has 1 heterocycles. The number of hydrogen-bond acceptors (Lipinski definition) is 10. The Bertz CT molecular complexity index is 539. The topological polar surface area (TPSA) is 52.6 Å². The summed E-state index contributed by atoms with van der Waals surface area (Å²) in [7, 11) is 0. The molecule has 0 aromatic carbocycles. The Morgan fingerprint density at radius 1 is 0.750 bits per heavy atom. The summed E-state index contributed by atoms with van der Waals surface area (Å²) in [6, 6.07) is 0. The van der Waals surface area contributed by atoms with Gasteiger partial charge in [0.05, 0.1) is 0 Å². The number of carbonyl (C=O) groups is 2. The van der Waals surface area contributed by atoms with Crippen LogP contribution in [0.15, 0.2) is 24.3 Å². The SMILES string of the molecule is C=C(C)C(=O)OCCSCCSCC1CSCC(CSCCSCCOC(=O)C(=C)C)S1. The lowest BCUT2D eigenvalue weighted by molar-refractivity contribution is -0.139. The summed E-state index contributed by atoms with van der Waals surface area (Å²) in [6.45, 7) is 11.4. The van der Waals surface area contributed by atoms with Gasteiger partial charge in [-0.3, -0.25) is 0 Å². The molecule has 1 aliphatic rings. The van der Waals surface area contributed by atoms with Crippen molar-refractivity contribution in [1.29, 1.82) is 0 Å². The van der Waals surface area contributed by atoms with Crippen LogP contribution in [0.25, 0.3) is 0 Å². The molecule has 1 fully saturated rings. The van der Waals surface area contributed by atoms with Crippen molar-refractivity contribution >= 4 is 82.5 Å². The standard InChI is InChI=1S/C22H36O4S6/c1-17(2)21(23)25-5-7-27-9-11-29-13-19-15-31-16-20(32-19)14-30-12-10-28-8-6-26-22(24)18(3)4/h19-20H,1,3,5-16H2,2,4H3. The zero-order valence-corrected chi connectivity index (χ0v) is 24.0. The molecule has 32 heavy (non-hydrogen) atoms. The fraction of sp³-hybridized carbons (Fsp3) is 0.727. The highest BCUT2D eigenvalue weighted by Gasteiger charge is 2.22. The van der Waals surface area contributed by atoms with Crippen molar-refractivity contribution in [3.8, 4) is 0 Å². The summed E-state index contributed by atoms with van der Waals surface area (Å²) in [5.74, 6) is 10.6. The van der Waals surface area contributed by atoms with Crippen LogP contribution in [0.1, 0.15) is 13.8 Å². The highest BCUT2D eigenvalue weighted by Crippen LogP contribution is 2.34. The molecule has 4 nitrogen and oxygen atoms in total. The molecule has 0 amide bonds. The molecule has 1 rings (SSSR count). The highest BCUT2D eigenvalue weighted by atomic mass is 32.2. The van der Waals surface area contributed by atoms with Gasteiger partial charge in [0.2, 0.25) is 0 Å². The number of carbonyl (C=O) groups excluding carboxylic acids is 2. The second kappa shape index (κ2) is 19.8. The second-order valence-corrected chi connectivity index (χ2v) is 14.6. The van der Waals surface area contributed by atoms with E-state index >= 15 is 0 Å². The first-order chi connectivity index (χ1) is 15.4. The summed E-state index contributed by atoms with van der Waals surface area (Å²) in [5.41, 5.74) is 0.922. The van der Waals surface area contributed by atoms with Crippen molar-refractivity contribution in [1.82, 2.24) is 0 Å². The Labute approximate surface area is 219 Å². The Morgan fingerprint density at radius 2 is 1.16 bits per heavy atom. The van der Waals surface area contributed by atoms with Crippen molar-refractivity contribution in [2.24, 2.45) is 0 Å². The number of thioether (sulfide) groups is 6. The average Bonchev–Trinajstić information content (AvgIpc) is 2.77. The van der Waals surface area contributed by atoms with E-state index in [4.69, 9.17) is 9.47 Å². The highest BCUT2D eigenvalue weighted by molar-refractivity contribution is 8.09. The molecule has 2 atom stereocenters. The Kier molecular flexibility index (Phi) is 18.9. The van der Waals surface area contributed by atoms with E-state index < -0.39 is 0 Å². The minimum Gasteiger partial charge on any atom is -0.461 e. The third kappa shape index (κ3) is 16.2. The van der Waals surface area contributed by atoms with Crippen LogP contribution in [0.4, 0.5) is 0 Å². The van der Waals surface area contributed by atoms with Gasteiger partial charge in [-0.15, -0.1) is 0 Å². The number of esters is 2. The van der Waals surface area contributed by atoms with Gasteiger partial charge >= 0.3 is 11.9 Å². The molecule has 0 aliphatic carbocycles. The lowest BCUT2D eigenvalue weighted by Crippen LogP contribution is -2.25. The van der Waals surface area contributed by atoms with Crippen molar-refractivity contribution in [2.75, 3.05) is 70.7 Å². The molecular weight excluding hydrogens is 521 g/mol. The largest absolute Gasteiger partial charge is 0.461 e. The molecule has 0 bridgehead atoms. The maximum Gasteiger partial charge on any atom is 0.333 e. The van der Waals surface area contributed by atoms with E-state index in [-0.39, 0.29) is 11.9 Å². The van der Waals surface area contributed by atoms with Crippen molar-refractivity contribution in [3.05, 3.63) is 24.3 Å². The monoisotopic (exact) mass is 556 g/mol. The van der Waals surface area contributed by atoms with Gasteiger partial charge in [-0.25, -0.2) is 9.59 Å². The van der Waals surface area contributed by atoms with E-state index in [1.807, 2.05) is 47.0 Å². The smallest absolute Gasteiger partial charge is 0.333 e. The number of hydrogen-bond donors (Lipinski definition) is 0. The lowest BCUT2D eigenvalue weighted by Gasteiger charge is -2.28. The molecule has 1 saturated heterocycles. The fourth-order valence-corrected chi connectivity index (χ4v) is 10.3. The number of ether oxygens (including phenoxy) is 2. The zero-order valence-electron chi connectivity index (χ0n) is 19.1. The van der Waals surface area contributed by atoms with Crippen LogP contribution >= 0.6 is 70.6 Å². The van der Waals surface area contributed by atoms with Crippen LogP contribution in [-0.4, -0.2) is 93.2 Å². The minimum atomic E-state index is -0.292. The van der Waals surface area contributed by atoms with Gasteiger partial charge in [0, 0.05) is 79.2 Å². The van der Waals surface area contributed by atoms with Crippen LogP contribution in [0, 0.1) is 0 Å². The summed E-state index contributed by atoms with van der Waals surface area (Å²) < 4.78 is 10.2. The predicted molar refractivity (Wildman–Crippen MR) is 153 cm³/mol. The molecule has 0 radical (unpaired) electrons. The minimum absolute atomic E-state index is 0.292. The Hall–Kier alpha value is 0.520. The van der Waals surface area contributed by atoms with Gasteiger partial charge in [-0.05, 0) is 13.8 Å². The number of rotatable bonds is 18. The third-order valence-electron chi connectivity index (χ3n) is 3.96. The van der Waals surface area contributed by atoms with Crippen LogP contribution in [-0.2, 0) is 19.1 Å². The van der Waals surface area contributed by atoms with Gasteiger partial charge in [0.25, 0.3) is 0 Å². The van der Waals surface area contributed by atoms with E-state index in [0.717, 1.165) is 45.0 Å². The molecule has 0 N–H and O–H groups in total. The normalized spacial score (nSPS) is 18.2. The van der Waals surface area contributed by atoms with E-state index in [1.165, 1.54) is 23.0 Å². The molecular formula is C22H36O4S6. The van der Waals surface area contributed by atoms with E-state index in [0.29, 0.717) is 24.4 Å². The van der Waals surface area contributed by atoms with Crippen molar-refractivity contribution in [2.45, 2.75) is 24.3 Å². The van der Waals surface area contributed by atoms with E-state index in [2.05, 4.69) is 36.7 Å². The summed E-state index contributed by atoms with van der Waals surface area (Å²) in [4.78, 5) is 22.6. The van der Waals surface area contributed by atoms with E-state index in [9.17, 15) is 9.59 Å². The fourth-order valence-electron chi connectivity index (χ4n) is 2.36. The van der Waals surface area contributed by atoms with Crippen LogP contribution < -0.4 is 0 Å². The molecule has 0 aromatic rings. The molecule has 0 saturated carbocycles. The van der Waals surface area contributed by atoms with Crippen LogP contribution in [0.2, 0.25) is 0 Å². The van der Waals surface area contributed by atoms with Gasteiger partial charge in [-0.2, -0.15) is 70.6 Å². The van der Waals surface area contributed by atoms with Crippen molar-refractivity contribution in [3.63, 3.8) is 0 Å². The second-order valence-electron chi connectivity index (χ2n) is 7.12. The molecule has 10 heteroatoms. The van der Waals surface area contributed by atoms with Crippen molar-refractivity contribution < 1.29 is 19.1 Å². The van der Waals surface area contributed by atoms with Crippen LogP contribution in [0.3, 0.4) is 0 Å². The lowest BCUT2D eigenvalue weighted by atomic mass is 10.4. The summed E-state index contributed by atoms with van der Waals surface area (Å²) >= 11 is 12.1. The molecule has 184 valence electrons. The van der Waals surface area contributed by atoms with Gasteiger partial charge in [-0.1, -0.05) is 13.2 Å². The summed E-state index contributed by atoms with van der Waals surface area (Å²) in [5, 5.41) is 1.51. The van der Waals surface area contributed by atoms with Gasteiger partial charge in [0.1, 0.15) is 13.2 Å². The van der Waals surface area contributed by atoms with Gasteiger partial charge in [0.15, 0.2) is 0 Å². The first-order valence-electron chi connectivity index (χ1n) is 10.6. The quantitative estimate of drug-likeness (QED) is 0.125. The molecule has 0 spiro atoms. The summed E-state index contributed by atoms with van der Waals surface area (Å²) in [6.07, 6.45) is 0. The van der Waals surface area contributed by atoms with Crippen LogP contribution in [0.5, 0.6) is 0 Å². The molecule has 0 aromatic heterocycles. The molecule has 1 aliphatic heterocycles. The average molecular weight is 557 g/mol. The Balaban J connectivity index is 1.94. The van der Waals surface area contributed by atoms with E-state index in [1.54, 1.807) is 13.8 Å². The Morgan fingerprint density at radius 3 is 1.56 bits per heavy atom.